The van der Waals surface area contributed by atoms with Gasteiger partial charge >= 0.3 is 11.9 Å². The Morgan fingerprint density at radius 3 is 2.31 bits per heavy atom. The van der Waals surface area contributed by atoms with Gasteiger partial charge in [0.2, 0.25) is 11.7 Å². The first-order valence-electron chi connectivity index (χ1n) is 14.7. The molecule has 0 aromatic carbocycles. The number of imidazole rings is 1. The molecule has 0 spiro atoms. The molecular formula is C30H37FN8O5S. The number of amides is 1. The van der Waals surface area contributed by atoms with Crippen molar-refractivity contribution in [1.82, 2.24) is 24.8 Å². The number of carbonyl (C=O) groups excluding carboxylic acids is 3. The van der Waals surface area contributed by atoms with E-state index in [9.17, 15) is 18.8 Å². The Hall–Kier alpha value is -4.13. The summed E-state index contributed by atoms with van der Waals surface area (Å²) in [6.45, 7) is 7.13. The highest BCUT2D eigenvalue weighted by Gasteiger charge is 2.78. The van der Waals surface area contributed by atoms with Crippen LogP contribution in [0.3, 0.4) is 0 Å². The number of nitrogens with two attached hydrogens (primary N) is 2. The van der Waals surface area contributed by atoms with Gasteiger partial charge < -0.3 is 36.1 Å². The zero-order valence-corrected chi connectivity index (χ0v) is 26.6. The maximum atomic E-state index is 13.5. The Kier molecular flexibility index (Phi) is 8.85. The molecule has 240 valence electrons. The van der Waals surface area contributed by atoms with E-state index in [0.29, 0.717) is 28.3 Å². The van der Waals surface area contributed by atoms with Crippen LogP contribution in [0.2, 0.25) is 0 Å². The van der Waals surface area contributed by atoms with Gasteiger partial charge in [0, 0.05) is 20.0 Å². The number of carbonyl (C=O) groups is 3. The maximum Gasteiger partial charge on any atom is 0.323 e. The Morgan fingerprint density at radius 2 is 1.73 bits per heavy atom. The highest BCUT2D eigenvalue weighted by Crippen LogP contribution is 2.69. The van der Waals surface area contributed by atoms with Crippen LogP contribution in [-0.4, -0.2) is 75.8 Å². The fraction of sp³-hybridized carbons (Fsp3) is 0.533. The Labute approximate surface area is 263 Å². The molecule has 2 fully saturated rings. The van der Waals surface area contributed by atoms with Crippen LogP contribution in [0.5, 0.6) is 0 Å². The van der Waals surface area contributed by atoms with E-state index < -0.39 is 53.6 Å². The predicted octanol–water partition coefficient (Wildman–Crippen LogP) is 1.57. The molecule has 2 saturated carbocycles. The van der Waals surface area contributed by atoms with Crippen molar-refractivity contribution in [2.45, 2.75) is 64.4 Å². The van der Waals surface area contributed by atoms with Crippen molar-refractivity contribution in [2.24, 2.45) is 34.6 Å². The molecule has 0 bridgehead atoms. The van der Waals surface area contributed by atoms with Crippen molar-refractivity contribution in [2.75, 3.05) is 19.4 Å². The molecule has 45 heavy (non-hydrogen) atoms. The summed E-state index contributed by atoms with van der Waals surface area (Å²) in [5.74, 6) is 3.59. The largest absolute Gasteiger partial charge is 0.456 e. The summed E-state index contributed by atoms with van der Waals surface area (Å²) in [4.78, 5) is 54.2. The normalized spacial score (nSPS) is 24.9. The lowest BCUT2D eigenvalue weighted by atomic mass is 9.96. The van der Waals surface area contributed by atoms with Gasteiger partial charge in [0.25, 0.3) is 0 Å². The third kappa shape index (κ3) is 5.73. The number of halogens is 1. The summed E-state index contributed by atoms with van der Waals surface area (Å²) >= 11 is 0.899. The van der Waals surface area contributed by atoms with E-state index in [1.807, 2.05) is 0 Å². The second-order valence-corrected chi connectivity index (χ2v) is 13.1. The molecule has 0 aliphatic heterocycles. The van der Waals surface area contributed by atoms with Gasteiger partial charge in [-0.3, -0.25) is 14.4 Å². The Bertz CT molecular complexity index is 1700. The quantitative estimate of drug-likeness (QED) is 0.196. The van der Waals surface area contributed by atoms with Crippen LogP contribution in [0.1, 0.15) is 50.9 Å². The molecule has 3 aromatic rings. The Balaban J connectivity index is 1.64. The first-order chi connectivity index (χ1) is 21.3. The highest BCUT2D eigenvalue weighted by atomic mass is 32.1. The second kappa shape index (κ2) is 12.3. The molecule has 2 aliphatic carbocycles. The summed E-state index contributed by atoms with van der Waals surface area (Å²) in [5.41, 5.74) is 11.9. The van der Waals surface area contributed by atoms with Gasteiger partial charge in [0.05, 0.1) is 22.7 Å². The first kappa shape index (κ1) is 32.3. The number of ether oxygens (including phenoxy) is 2. The van der Waals surface area contributed by atoms with Crippen molar-refractivity contribution >= 4 is 46.2 Å². The average Bonchev–Trinajstić information content (AvgIpc) is 3.24. The summed E-state index contributed by atoms with van der Waals surface area (Å²) < 4.78 is 27.3. The van der Waals surface area contributed by atoms with Crippen molar-refractivity contribution in [1.29, 1.82) is 0 Å². The van der Waals surface area contributed by atoms with Crippen LogP contribution in [0, 0.1) is 40.1 Å². The molecule has 0 radical (unpaired) electrons. The zero-order chi connectivity index (χ0) is 32.8. The second-order valence-electron chi connectivity index (χ2n) is 12.0. The van der Waals surface area contributed by atoms with Gasteiger partial charge in [0.15, 0.2) is 34.3 Å². The fourth-order valence-electron chi connectivity index (χ4n) is 5.86. The number of aromatic nitrogens is 4. The number of hydrogen-bond acceptors (Lipinski definition) is 12. The molecule has 3 aromatic heterocycles. The molecule has 6 N–H and O–H groups in total. The van der Waals surface area contributed by atoms with E-state index in [1.165, 1.54) is 19.4 Å². The highest BCUT2D eigenvalue weighted by molar-refractivity contribution is 7.10. The van der Waals surface area contributed by atoms with E-state index >= 15 is 0 Å². The van der Waals surface area contributed by atoms with Crippen molar-refractivity contribution < 1.29 is 28.2 Å². The van der Waals surface area contributed by atoms with E-state index in [1.54, 1.807) is 45.4 Å². The monoisotopic (exact) mass is 640 g/mol. The molecule has 1 amide bonds. The number of nitrogens with zero attached hydrogens (tertiary/aromatic N) is 4. The lowest BCUT2D eigenvalue weighted by Crippen LogP contribution is -2.50. The first-order valence-corrected chi connectivity index (χ1v) is 15.5. The van der Waals surface area contributed by atoms with Crippen LogP contribution < -0.4 is 22.1 Å². The SMILES string of the molecule is CNC(=O)C12CC1C(n1cnc3c(NC)nc(C#Cc4ccc(F)s4)nc31)C(OC(=O)C(N)C(C)C)C2OC(=O)C(N)C(C)C. The molecule has 2 aliphatic rings. The van der Waals surface area contributed by atoms with Gasteiger partial charge in [-0.1, -0.05) is 39.0 Å². The number of nitrogens with one attached hydrogen (secondary N) is 2. The molecule has 3 heterocycles. The number of fused-ring (bicyclic) bond motifs is 2. The smallest absolute Gasteiger partial charge is 0.323 e. The minimum Gasteiger partial charge on any atom is -0.456 e. The van der Waals surface area contributed by atoms with E-state index in [-0.39, 0.29) is 28.7 Å². The maximum absolute atomic E-state index is 13.5. The van der Waals surface area contributed by atoms with Crippen molar-refractivity contribution in [3.8, 4) is 11.8 Å². The average molecular weight is 641 g/mol. The lowest BCUT2D eigenvalue weighted by Gasteiger charge is -2.32. The van der Waals surface area contributed by atoms with Crippen LogP contribution in [0.4, 0.5) is 10.2 Å². The van der Waals surface area contributed by atoms with Gasteiger partial charge in [0.1, 0.15) is 12.1 Å². The van der Waals surface area contributed by atoms with E-state index in [4.69, 9.17) is 20.9 Å². The summed E-state index contributed by atoms with van der Waals surface area (Å²) in [5, 5.41) is 5.33. The van der Waals surface area contributed by atoms with E-state index in [0.717, 1.165) is 11.3 Å². The fourth-order valence-corrected chi connectivity index (χ4v) is 6.45. The van der Waals surface area contributed by atoms with Gasteiger partial charge in [-0.05, 0) is 42.2 Å². The minimum absolute atomic E-state index is 0.134. The van der Waals surface area contributed by atoms with Gasteiger partial charge in [-0.2, -0.15) is 4.39 Å². The summed E-state index contributed by atoms with van der Waals surface area (Å²) in [6.07, 6.45) is -0.423. The Morgan fingerprint density at radius 1 is 1.07 bits per heavy atom. The molecule has 5 rings (SSSR count). The molecule has 7 unspecified atom stereocenters. The van der Waals surface area contributed by atoms with Crippen LogP contribution in [-0.2, 0) is 23.9 Å². The van der Waals surface area contributed by atoms with Gasteiger partial charge in [-0.15, -0.1) is 0 Å². The van der Waals surface area contributed by atoms with Crippen LogP contribution in [0.15, 0.2) is 18.5 Å². The lowest BCUT2D eigenvalue weighted by molar-refractivity contribution is -0.177. The zero-order valence-electron chi connectivity index (χ0n) is 25.8. The van der Waals surface area contributed by atoms with Gasteiger partial charge in [-0.25, -0.2) is 15.0 Å². The number of thiophene rings is 1. The number of esters is 2. The molecule has 0 saturated heterocycles. The molecule has 7 atom stereocenters. The molecule has 13 nitrogen and oxygen atoms in total. The summed E-state index contributed by atoms with van der Waals surface area (Å²) in [7, 11) is 3.17. The molecule has 15 heteroatoms. The molecular weight excluding hydrogens is 603 g/mol. The van der Waals surface area contributed by atoms with Crippen LogP contribution in [0.25, 0.3) is 11.2 Å². The number of anilines is 1. The van der Waals surface area contributed by atoms with E-state index in [2.05, 4.69) is 37.4 Å². The predicted molar refractivity (Wildman–Crippen MR) is 164 cm³/mol. The minimum atomic E-state index is -1.19. The van der Waals surface area contributed by atoms with Crippen molar-refractivity contribution in [3.05, 3.63) is 34.3 Å². The van der Waals surface area contributed by atoms with Crippen LogP contribution >= 0.6 is 11.3 Å². The third-order valence-electron chi connectivity index (χ3n) is 8.59. The third-order valence-corrected chi connectivity index (χ3v) is 9.38. The van der Waals surface area contributed by atoms with Crippen molar-refractivity contribution in [3.63, 3.8) is 0 Å². The summed E-state index contributed by atoms with van der Waals surface area (Å²) in [6, 6.07) is 0.234. The number of hydrogen-bond donors (Lipinski definition) is 4. The topological polar surface area (TPSA) is 189 Å². The standard InChI is InChI=1S/C30H37FN8O5S/c1-13(2)19(32)27(40)43-23-22(16-11-30(16,29(42)35-6)24(23)44-28(41)20(33)14(3)4)39-12-36-21-25(34-5)37-18(38-26(21)39)10-8-15-7-9-17(31)45-15/h7,9,12-14,16,19-20,22-24H,11,32-33H2,1-6H3,(H,35,42)(H,34,37,38). The number of rotatable bonds is 9.